The number of benzene rings is 1. The van der Waals surface area contributed by atoms with Gasteiger partial charge in [0, 0.05) is 23.3 Å². The van der Waals surface area contributed by atoms with Gasteiger partial charge in [0.2, 0.25) is 5.88 Å². The second-order valence-corrected chi connectivity index (χ2v) is 9.39. The molecule has 0 aliphatic rings. The van der Waals surface area contributed by atoms with Crippen LogP contribution in [0.25, 0.3) is 33.7 Å². The molecule has 0 atom stereocenters. The number of nitriles is 1. The Morgan fingerprint density at radius 1 is 1.17 bits per heavy atom. The first kappa shape index (κ1) is 23.0. The normalized spacial score (nSPS) is 11.5. The van der Waals surface area contributed by atoms with Gasteiger partial charge in [-0.25, -0.2) is 37.1 Å². The van der Waals surface area contributed by atoms with Crippen LogP contribution in [0.3, 0.4) is 0 Å². The van der Waals surface area contributed by atoms with Crippen LogP contribution in [-0.2, 0) is 15.6 Å². The summed E-state index contributed by atoms with van der Waals surface area (Å²) in [7, 11) is -3.08. The van der Waals surface area contributed by atoms with Crippen molar-refractivity contribution in [3.63, 3.8) is 0 Å². The molecular formula is C22H14F2N8O3S. The SMILES string of the molecule is COc1ncc(F)cc1S(=O)(=O)Cc1ncnc(-c2ccc3c(-c4ncc[nH]4)[nH]nc3c2F)c1C#N. The zero-order valence-electron chi connectivity index (χ0n) is 18.3. The molecule has 0 saturated carbocycles. The topological polar surface area (TPSA) is 163 Å². The Morgan fingerprint density at radius 3 is 2.72 bits per heavy atom. The number of pyridine rings is 1. The summed E-state index contributed by atoms with van der Waals surface area (Å²) in [6, 6.07) is 5.61. The standard InChI is InChI=1S/C22H14F2N8O3S/c1-35-22-16(6-11(23)8-28-22)36(33,34)9-15-14(7-25)18(30-10-29-15)12-2-3-13-19(17(12)24)31-32-20(13)21-26-4-5-27-21/h2-6,8,10H,9H2,1H3,(H,26,27)(H,31,32). The number of ether oxygens (including phenoxy) is 1. The Morgan fingerprint density at radius 2 is 2.00 bits per heavy atom. The fraction of sp³-hybridized carbons (Fsp3) is 0.0909. The molecule has 0 spiro atoms. The summed E-state index contributed by atoms with van der Waals surface area (Å²) in [4.78, 5) is 18.1. The van der Waals surface area contributed by atoms with Crippen molar-refractivity contribution in [3.8, 4) is 34.7 Å². The molecule has 5 rings (SSSR count). The van der Waals surface area contributed by atoms with Gasteiger partial charge in [-0.05, 0) is 18.2 Å². The fourth-order valence-electron chi connectivity index (χ4n) is 3.71. The lowest BCUT2D eigenvalue weighted by Crippen LogP contribution is -2.12. The fourth-order valence-corrected chi connectivity index (χ4v) is 5.14. The van der Waals surface area contributed by atoms with Crippen molar-refractivity contribution in [1.29, 1.82) is 5.26 Å². The highest BCUT2D eigenvalue weighted by molar-refractivity contribution is 7.90. The molecule has 180 valence electrons. The number of fused-ring (bicyclic) bond motifs is 1. The van der Waals surface area contributed by atoms with Gasteiger partial charge < -0.3 is 9.72 Å². The molecule has 36 heavy (non-hydrogen) atoms. The summed E-state index contributed by atoms with van der Waals surface area (Å²) in [5, 5.41) is 17.0. The lowest BCUT2D eigenvalue weighted by molar-refractivity contribution is 0.382. The van der Waals surface area contributed by atoms with Gasteiger partial charge in [0.05, 0.1) is 30.4 Å². The van der Waals surface area contributed by atoms with Crippen LogP contribution < -0.4 is 4.74 Å². The molecule has 14 heteroatoms. The van der Waals surface area contributed by atoms with Crippen molar-refractivity contribution in [2.24, 2.45) is 0 Å². The highest BCUT2D eigenvalue weighted by atomic mass is 32.2. The van der Waals surface area contributed by atoms with E-state index in [2.05, 4.69) is 35.1 Å². The zero-order chi connectivity index (χ0) is 25.4. The number of rotatable bonds is 6. The largest absolute Gasteiger partial charge is 0.480 e. The number of nitrogens with zero attached hydrogens (tertiary/aromatic N) is 6. The quantitative estimate of drug-likeness (QED) is 0.351. The van der Waals surface area contributed by atoms with Gasteiger partial charge in [0.15, 0.2) is 21.5 Å². The van der Waals surface area contributed by atoms with Gasteiger partial charge in [-0.15, -0.1) is 0 Å². The van der Waals surface area contributed by atoms with Gasteiger partial charge in [0.25, 0.3) is 0 Å². The van der Waals surface area contributed by atoms with E-state index in [-0.39, 0.29) is 33.9 Å². The molecular weight excluding hydrogens is 494 g/mol. The van der Waals surface area contributed by atoms with E-state index in [9.17, 15) is 18.1 Å². The Labute approximate surface area is 201 Å². The van der Waals surface area contributed by atoms with E-state index in [4.69, 9.17) is 4.74 Å². The minimum atomic E-state index is -4.27. The van der Waals surface area contributed by atoms with E-state index < -0.39 is 32.1 Å². The molecule has 0 aliphatic heterocycles. The first-order valence-corrected chi connectivity index (χ1v) is 11.8. The van der Waals surface area contributed by atoms with E-state index in [1.165, 1.54) is 19.4 Å². The number of aromatic amines is 2. The average molecular weight is 508 g/mol. The van der Waals surface area contributed by atoms with Gasteiger partial charge in [-0.1, -0.05) is 0 Å². The molecule has 0 radical (unpaired) electrons. The number of halogens is 2. The van der Waals surface area contributed by atoms with Crippen LogP contribution in [0.5, 0.6) is 5.88 Å². The van der Waals surface area contributed by atoms with Gasteiger partial charge >= 0.3 is 0 Å². The first-order chi connectivity index (χ1) is 17.3. The second-order valence-electron chi connectivity index (χ2n) is 7.44. The number of aromatic nitrogens is 7. The Hall–Kier alpha value is -4.77. The number of H-pyrrole nitrogens is 2. The van der Waals surface area contributed by atoms with Crippen molar-refractivity contribution in [2.75, 3.05) is 7.11 Å². The van der Waals surface area contributed by atoms with Gasteiger partial charge in [-0.2, -0.15) is 10.4 Å². The third-order valence-corrected chi connectivity index (χ3v) is 6.95. The van der Waals surface area contributed by atoms with Crippen LogP contribution in [0.1, 0.15) is 11.3 Å². The molecule has 4 aromatic heterocycles. The molecule has 0 unspecified atom stereocenters. The van der Waals surface area contributed by atoms with Crippen molar-refractivity contribution in [1.82, 2.24) is 35.1 Å². The molecule has 0 fully saturated rings. The Kier molecular flexibility index (Phi) is 5.61. The minimum absolute atomic E-state index is 0.0221. The summed E-state index contributed by atoms with van der Waals surface area (Å²) >= 11 is 0. The lowest BCUT2D eigenvalue weighted by atomic mass is 10.0. The maximum atomic E-state index is 15.5. The maximum absolute atomic E-state index is 15.5. The molecule has 2 N–H and O–H groups in total. The molecule has 0 aliphatic carbocycles. The van der Waals surface area contributed by atoms with E-state index >= 15 is 4.39 Å². The number of nitrogens with one attached hydrogen (secondary N) is 2. The maximum Gasteiger partial charge on any atom is 0.232 e. The number of hydrogen-bond donors (Lipinski definition) is 2. The van der Waals surface area contributed by atoms with Crippen molar-refractivity contribution < 1.29 is 21.9 Å². The minimum Gasteiger partial charge on any atom is -0.480 e. The highest BCUT2D eigenvalue weighted by Gasteiger charge is 2.27. The Bertz CT molecular complexity index is 1760. The third kappa shape index (κ3) is 3.81. The molecule has 0 amide bonds. The molecule has 4 heterocycles. The van der Waals surface area contributed by atoms with Gasteiger partial charge in [-0.3, -0.25) is 5.10 Å². The van der Waals surface area contributed by atoms with E-state index in [0.29, 0.717) is 16.9 Å². The Balaban J connectivity index is 1.60. The van der Waals surface area contributed by atoms with Crippen LogP contribution in [0.2, 0.25) is 0 Å². The summed E-state index contributed by atoms with van der Waals surface area (Å²) in [6.45, 7) is 0. The molecule has 0 saturated heterocycles. The summed E-state index contributed by atoms with van der Waals surface area (Å²) in [5.74, 6) is -2.32. The summed E-state index contributed by atoms with van der Waals surface area (Å²) in [6.07, 6.45) is 4.98. The number of methoxy groups -OCH3 is 1. The van der Waals surface area contributed by atoms with Crippen molar-refractivity contribution in [3.05, 3.63) is 66.0 Å². The van der Waals surface area contributed by atoms with Crippen LogP contribution in [0.15, 0.2) is 48.0 Å². The summed E-state index contributed by atoms with van der Waals surface area (Å²) in [5.41, 5.74) is -0.221. The monoisotopic (exact) mass is 508 g/mol. The molecule has 11 nitrogen and oxygen atoms in total. The third-order valence-electron chi connectivity index (χ3n) is 5.33. The van der Waals surface area contributed by atoms with Gasteiger partial charge in [0.1, 0.15) is 39.9 Å². The van der Waals surface area contributed by atoms with Crippen LogP contribution in [-0.4, -0.2) is 50.6 Å². The number of hydrogen-bond acceptors (Lipinski definition) is 9. The predicted octanol–water partition coefficient (Wildman–Crippen LogP) is 2.94. The van der Waals surface area contributed by atoms with Crippen LogP contribution in [0, 0.1) is 23.0 Å². The van der Waals surface area contributed by atoms with E-state index in [1.54, 1.807) is 12.3 Å². The molecule has 5 aromatic rings. The summed E-state index contributed by atoms with van der Waals surface area (Å²) < 4.78 is 60.3. The van der Waals surface area contributed by atoms with Crippen molar-refractivity contribution >= 4 is 20.7 Å². The highest BCUT2D eigenvalue weighted by Crippen LogP contribution is 2.34. The second kappa shape index (κ2) is 8.78. The van der Waals surface area contributed by atoms with Crippen molar-refractivity contribution in [2.45, 2.75) is 10.6 Å². The molecule has 1 aromatic carbocycles. The first-order valence-electron chi connectivity index (χ1n) is 10.2. The zero-order valence-corrected chi connectivity index (χ0v) is 19.1. The van der Waals surface area contributed by atoms with E-state index in [1.807, 2.05) is 6.07 Å². The number of imidazole rings is 1. The molecule has 0 bridgehead atoms. The average Bonchev–Trinajstić information content (AvgIpc) is 3.54. The van der Waals surface area contributed by atoms with Crippen LogP contribution in [0.4, 0.5) is 8.78 Å². The lowest BCUT2D eigenvalue weighted by Gasteiger charge is -2.11. The number of sulfone groups is 1. The smallest absolute Gasteiger partial charge is 0.232 e. The predicted molar refractivity (Wildman–Crippen MR) is 121 cm³/mol. The van der Waals surface area contributed by atoms with Crippen LogP contribution >= 0.6 is 0 Å². The van der Waals surface area contributed by atoms with E-state index in [0.717, 1.165) is 18.6 Å².